The molecule has 0 fully saturated rings. The molecule has 1 aliphatic carbocycles. The first-order chi connectivity index (χ1) is 10.6. The van der Waals surface area contributed by atoms with Gasteiger partial charge in [-0.3, -0.25) is 0 Å². The van der Waals surface area contributed by atoms with Crippen LogP contribution in [0.2, 0.25) is 0 Å². The first kappa shape index (κ1) is 14.9. The highest BCUT2D eigenvalue weighted by atomic mass is 16.3. The Kier molecular flexibility index (Phi) is 4.34. The van der Waals surface area contributed by atoms with Gasteiger partial charge < -0.3 is 15.5 Å². The van der Waals surface area contributed by atoms with Gasteiger partial charge in [-0.25, -0.2) is 0 Å². The van der Waals surface area contributed by atoms with Gasteiger partial charge in [-0.2, -0.15) is 0 Å². The van der Waals surface area contributed by atoms with E-state index < -0.39 is 0 Å². The molecule has 2 atom stereocenters. The summed E-state index contributed by atoms with van der Waals surface area (Å²) >= 11 is 0. The normalized spacial score (nSPS) is 18.7. The molecule has 0 saturated heterocycles. The molecular weight excluding hydrogens is 274 g/mol. The number of hydrogen-bond acceptors (Lipinski definition) is 3. The zero-order chi connectivity index (χ0) is 15.5. The van der Waals surface area contributed by atoms with Crippen LogP contribution < -0.4 is 5.32 Å². The minimum Gasteiger partial charge on any atom is -0.508 e. The van der Waals surface area contributed by atoms with Crippen LogP contribution in [0.25, 0.3) is 0 Å². The van der Waals surface area contributed by atoms with Crippen LogP contribution in [0.1, 0.15) is 30.0 Å². The first-order valence-corrected chi connectivity index (χ1v) is 7.95. The van der Waals surface area contributed by atoms with Gasteiger partial charge in [0.25, 0.3) is 0 Å². The topological polar surface area (TPSA) is 52.5 Å². The van der Waals surface area contributed by atoms with Gasteiger partial charge in [0.15, 0.2) is 0 Å². The third-order valence-electron chi connectivity index (χ3n) is 4.42. The molecule has 2 aromatic carbocycles. The average molecular weight is 297 g/mol. The fourth-order valence-corrected chi connectivity index (χ4v) is 3.33. The largest absolute Gasteiger partial charge is 0.508 e. The van der Waals surface area contributed by atoms with Gasteiger partial charge in [0, 0.05) is 12.1 Å². The van der Waals surface area contributed by atoms with Crippen molar-refractivity contribution in [3.63, 3.8) is 0 Å². The van der Waals surface area contributed by atoms with Crippen molar-refractivity contribution >= 4 is 0 Å². The van der Waals surface area contributed by atoms with E-state index in [0.717, 1.165) is 25.7 Å². The molecule has 3 rings (SSSR count). The zero-order valence-electron chi connectivity index (χ0n) is 12.9. The van der Waals surface area contributed by atoms with Gasteiger partial charge in [-0.1, -0.05) is 18.2 Å². The van der Waals surface area contributed by atoms with Crippen LogP contribution in [-0.4, -0.2) is 22.3 Å². The summed E-state index contributed by atoms with van der Waals surface area (Å²) < 4.78 is 0. The predicted molar refractivity (Wildman–Crippen MR) is 88.3 cm³/mol. The van der Waals surface area contributed by atoms with E-state index in [1.54, 1.807) is 18.2 Å². The Labute approximate surface area is 131 Å². The molecule has 2 aromatic rings. The molecule has 0 bridgehead atoms. The number of hydrogen-bond donors (Lipinski definition) is 3. The number of aromatic hydroxyl groups is 2. The van der Waals surface area contributed by atoms with Crippen LogP contribution in [0, 0.1) is 0 Å². The smallest absolute Gasteiger partial charge is 0.115 e. The molecule has 22 heavy (non-hydrogen) atoms. The number of nitrogens with one attached hydrogen (secondary N) is 1. The quantitative estimate of drug-likeness (QED) is 0.812. The fourth-order valence-electron chi connectivity index (χ4n) is 3.33. The SMILES string of the molecule is C[C@@H](Cc1ccc(O)cc1)N[C@H]1CCc2cc(O)ccc2C1. The number of rotatable bonds is 4. The van der Waals surface area contributed by atoms with E-state index in [1.807, 2.05) is 24.3 Å². The van der Waals surface area contributed by atoms with Crippen molar-refractivity contribution < 1.29 is 10.2 Å². The minimum absolute atomic E-state index is 0.316. The molecule has 3 nitrogen and oxygen atoms in total. The summed E-state index contributed by atoms with van der Waals surface area (Å²) in [6.45, 7) is 2.21. The standard InChI is InChI=1S/C19H23NO2/c1-13(10-14-2-7-18(21)8-3-14)20-17-6-4-16-12-19(22)9-5-15(16)11-17/h2-3,5,7-9,12-13,17,20-22H,4,6,10-11H2,1H3/t13-,17-/m0/s1. The van der Waals surface area contributed by atoms with Gasteiger partial charge in [0.2, 0.25) is 0 Å². The number of aryl methyl sites for hydroxylation is 1. The van der Waals surface area contributed by atoms with Crippen LogP contribution in [0.4, 0.5) is 0 Å². The lowest BCUT2D eigenvalue weighted by molar-refractivity contribution is 0.403. The summed E-state index contributed by atoms with van der Waals surface area (Å²) in [7, 11) is 0. The van der Waals surface area contributed by atoms with E-state index in [2.05, 4.69) is 12.2 Å². The van der Waals surface area contributed by atoms with Crippen LogP contribution >= 0.6 is 0 Å². The van der Waals surface area contributed by atoms with Gasteiger partial charge in [0.1, 0.15) is 11.5 Å². The highest BCUT2D eigenvalue weighted by Gasteiger charge is 2.20. The number of fused-ring (bicyclic) bond motifs is 1. The highest BCUT2D eigenvalue weighted by Crippen LogP contribution is 2.25. The van der Waals surface area contributed by atoms with Crippen molar-refractivity contribution in [2.45, 2.75) is 44.7 Å². The van der Waals surface area contributed by atoms with Crippen molar-refractivity contribution in [1.29, 1.82) is 0 Å². The van der Waals surface area contributed by atoms with Crippen molar-refractivity contribution in [2.75, 3.05) is 0 Å². The summed E-state index contributed by atoms with van der Waals surface area (Å²) in [5.41, 5.74) is 3.86. The van der Waals surface area contributed by atoms with Crippen molar-refractivity contribution in [3.05, 3.63) is 59.2 Å². The third kappa shape index (κ3) is 3.60. The van der Waals surface area contributed by atoms with Gasteiger partial charge in [-0.15, -0.1) is 0 Å². The average Bonchev–Trinajstić information content (AvgIpc) is 2.50. The summed E-state index contributed by atoms with van der Waals surface area (Å²) in [5.74, 6) is 0.683. The molecule has 0 amide bonds. The molecule has 3 heteroatoms. The molecule has 0 saturated carbocycles. The Bertz CT molecular complexity index is 636. The molecule has 3 N–H and O–H groups in total. The van der Waals surface area contributed by atoms with E-state index in [0.29, 0.717) is 23.6 Å². The predicted octanol–water partition coefficient (Wildman–Crippen LogP) is 3.18. The molecule has 116 valence electrons. The first-order valence-electron chi connectivity index (χ1n) is 7.95. The van der Waals surface area contributed by atoms with Crippen molar-refractivity contribution in [3.8, 4) is 11.5 Å². The van der Waals surface area contributed by atoms with Crippen molar-refractivity contribution in [2.24, 2.45) is 0 Å². The monoisotopic (exact) mass is 297 g/mol. The molecule has 0 heterocycles. The van der Waals surface area contributed by atoms with E-state index in [1.165, 1.54) is 16.7 Å². The second kappa shape index (κ2) is 6.41. The lowest BCUT2D eigenvalue weighted by Crippen LogP contribution is -2.41. The second-order valence-corrected chi connectivity index (χ2v) is 6.33. The molecular formula is C19H23NO2. The zero-order valence-corrected chi connectivity index (χ0v) is 12.9. The Morgan fingerprint density at radius 1 is 1.05 bits per heavy atom. The maximum Gasteiger partial charge on any atom is 0.115 e. The Morgan fingerprint density at radius 3 is 2.55 bits per heavy atom. The molecule has 0 radical (unpaired) electrons. The molecule has 0 unspecified atom stereocenters. The molecule has 0 aliphatic heterocycles. The van der Waals surface area contributed by atoms with E-state index >= 15 is 0 Å². The van der Waals surface area contributed by atoms with Crippen molar-refractivity contribution in [1.82, 2.24) is 5.32 Å². The van der Waals surface area contributed by atoms with E-state index in [9.17, 15) is 10.2 Å². The van der Waals surface area contributed by atoms with Gasteiger partial charge in [0.05, 0.1) is 0 Å². The molecule has 0 spiro atoms. The summed E-state index contributed by atoms with van der Waals surface area (Å²) in [4.78, 5) is 0. The maximum atomic E-state index is 9.55. The van der Waals surface area contributed by atoms with Crippen LogP contribution in [0.3, 0.4) is 0 Å². The van der Waals surface area contributed by atoms with Crippen LogP contribution in [0.15, 0.2) is 42.5 Å². The maximum absolute atomic E-state index is 9.55. The Balaban J connectivity index is 1.57. The number of phenols is 2. The molecule has 1 aliphatic rings. The number of benzene rings is 2. The summed E-state index contributed by atoms with van der Waals surface area (Å²) in [6, 6.07) is 14.0. The fraction of sp³-hybridized carbons (Fsp3) is 0.368. The number of phenolic OH excluding ortho intramolecular Hbond substituents is 2. The molecule has 0 aromatic heterocycles. The second-order valence-electron chi connectivity index (χ2n) is 6.33. The lowest BCUT2D eigenvalue weighted by Gasteiger charge is -2.28. The lowest BCUT2D eigenvalue weighted by atomic mass is 9.87. The van der Waals surface area contributed by atoms with E-state index in [-0.39, 0.29) is 0 Å². The Hall–Kier alpha value is -2.00. The van der Waals surface area contributed by atoms with Gasteiger partial charge in [-0.05, 0) is 73.6 Å². The van der Waals surface area contributed by atoms with Crippen LogP contribution in [0.5, 0.6) is 11.5 Å². The third-order valence-corrected chi connectivity index (χ3v) is 4.42. The minimum atomic E-state index is 0.316. The summed E-state index contributed by atoms with van der Waals surface area (Å²) in [6.07, 6.45) is 4.11. The summed E-state index contributed by atoms with van der Waals surface area (Å²) in [5, 5.41) is 22.6. The Morgan fingerprint density at radius 2 is 1.77 bits per heavy atom. The van der Waals surface area contributed by atoms with E-state index in [4.69, 9.17) is 0 Å². The van der Waals surface area contributed by atoms with Gasteiger partial charge >= 0.3 is 0 Å². The van der Waals surface area contributed by atoms with Crippen LogP contribution in [-0.2, 0) is 19.3 Å². The highest BCUT2D eigenvalue weighted by molar-refractivity contribution is 5.37.